The van der Waals surface area contributed by atoms with Gasteiger partial charge in [0.2, 0.25) is 0 Å². The van der Waals surface area contributed by atoms with Gasteiger partial charge in [-0.3, -0.25) is 0 Å². The third-order valence-corrected chi connectivity index (χ3v) is 4.06. The van der Waals surface area contributed by atoms with Crippen LogP contribution in [0.2, 0.25) is 0 Å². The van der Waals surface area contributed by atoms with Crippen molar-refractivity contribution in [2.75, 3.05) is 11.1 Å². The SMILES string of the molecule is Cc1ccc(N)c(NC2CCCCC2C(C)C)n1. The molecule has 2 rings (SSSR count). The maximum Gasteiger partial charge on any atom is 0.149 e. The average Bonchev–Trinajstić information content (AvgIpc) is 2.34. The first-order chi connectivity index (χ1) is 8.58. The first-order valence-electron chi connectivity index (χ1n) is 7.07. The van der Waals surface area contributed by atoms with E-state index in [-0.39, 0.29) is 0 Å². The van der Waals surface area contributed by atoms with E-state index in [4.69, 9.17) is 5.73 Å². The van der Waals surface area contributed by atoms with Crippen molar-refractivity contribution in [1.29, 1.82) is 0 Å². The van der Waals surface area contributed by atoms with Gasteiger partial charge in [-0.25, -0.2) is 4.98 Å². The van der Waals surface area contributed by atoms with E-state index in [1.165, 1.54) is 25.7 Å². The van der Waals surface area contributed by atoms with E-state index in [0.29, 0.717) is 12.0 Å². The molecule has 1 aromatic rings. The summed E-state index contributed by atoms with van der Waals surface area (Å²) in [4.78, 5) is 4.52. The molecule has 0 spiro atoms. The molecule has 0 aromatic carbocycles. The van der Waals surface area contributed by atoms with Gasteiger partial charge in [-0.1, -0.05) is 26.7 Å². The number of pyridine rings is 1. The Hall–Kier alpha value is -1.25. The first kappa shape index (κ1) is 13.2. The van der Waals surface area contributed by atoms with Crippen LogP contribution in [-0.4, -0.2) is 11.0 Å². The molecule has 1 fully saturated rings. The highest BCUT2D eigenvalue weighted by molar-refractivity contribution is 5.61. The summed E-state index contributed by atoms with van der Waals surface area (Å²) >= 11 is 0. The van der Waals surface area contributed by atoms with Crippen LogP contribution in [0, 0.1) is 18.8 Å². The second-order valence-electron chi connectivity index (χ2n) is 5.83. The number of nitrogen functional groups attached to an aromatic ring is 1. The molecule has 2 unspecified atom stereocenters. The Labute approximate surface area is 110 Å². The Morgan fingerprint density at radius 1 is 1.28 bits per heavy atom. The van der Waals surface area contributed by atoms with Crippen molar-refractivity contribution in [2.45, 2.75) is 52.5 Å². The summed E-state index contributed by atoms with van der Waals surface area (Å²) in [6.07, 6.45) is 5.23. The third-order valence-electron chi connectivity index (χ3n) is 4.06. The Balaban J connectivity index is 2.13. The lowest BCUT2D eigenvalue weighted by Crippen LogP contribution is -2.35. The highest BCUT2D eigenvalue weighted by atomic mass is 15.0. The monoisotopic (exact) mass is 247 g/mol. The number of hydrogen-bond acceptors (Lipinski definition) is 3. The van der Waals surface area contributed by atoms with Crippen LogP contribution >= 0.6 is 0 Å². The van der Waals surface area contributed by atoms with E-state index in [0.717, 1.165) is 23.1 Å². The van der Waals surface area contributed by atoms with Crippen LogP contribution in [0.15, 0.2) is 12.1 Å². The van der Waals surface area contributed by atoms with Gasteiger partial charge >= 0.3 is 0 Å². The zero-order chi connectivity index (χ0) is 13.1. The molecule has 0 aliphatic heterocycles. The highest BCUT2D eigenvalue weighted by Crippen LogP contribution is 2.32. The van der Waals surface area contributed by atoms with Gasteiger partial charge < -0.3 is 11.1 Å². The second kappa shape index (κ2) is 5.59. The molecule has 1 heterocycles. The molecule has 3 N–H and O–H groups in total. The fourth-order valence-corrected chi connectivity index (χ4v) is 3.00. The van der Waals surface area contributed by atoms with Gasteiger partial charge in [0, 0.05) is 11.7 Å². The van der Waals surface area contributed by atoms with E-state index >= 15 is 0 Å². The fraction of sp³-hybridized carbons (Fsp3) is 0.667. The second-order valence-corrected chi connectivity index (χ2v) is 5.83. The molecule has 1 aromatic heterocycles. The zero-order valence-electron chi connectivity index (χ0n) is 11.7. The number of rotatable bonds is 3. The van der Waals surface area contributed by atoms with Gasteiger partial charge in [0.1, 0.15) is 5.82 Å². The molecule has 3 nitrogen and oxygen atoms in total. The summed E-state index contributed by atoms with van der Waals surface area (Å²) in [5.41, 5.74) is 7.78. The smallest absolute Gasteiger partial charge is 0.149 e. The van der Waals surface area contributed by atoms with Gasteiger partial charge in [0.05, 0.1) is 5.69 Å². The lowest BCUT2D eigenvalue weighted by molar-refractivity contribution is 0.253. The number of aromatic nitrogens is 1. The Morgan fingerprint density at radius 3 is 2.72 bits per heavy atom. The van der Waals surface area contributed by atoms with Crippen molar-refractivity contribution in [3.63, 3.8) is 0 Å². The minimum absolute atomic E-state index is 0.523. The summed E-state index contributed by atoms with van der Waals surface area (Å²) in [7, 11) is 0. The molecule has 18 heavy (non-hydrogen) atoms. The molecule has 1 aliphatic carbocycles. The van der Waals surface area contributed by atoms with Crippen LogP contribution in [-0.2, 0) is 0 Å². The molecule has 1 saturated carbocycles. The molecule has 3 heteroatoms. The molecule has 2 atom stereocenters. The summed E-state index contributed by atoms with van der Waals surface area (Å²) in [5, 5.41) is 3.59. The highest BCUT2D eigenvalue weighted by Gasteiger charge is 2.27. The number of nitrogens with one attached hydrogen (secondary N) is 1. The minimum Gasteiger partial charge on any atom is -0.396 e. The topological polar surface area (TPSA) is 50.9 Å². The first-order valence-corrected chi connectivity index (χ1v) is 7.07. The van der Waals surface area contributed by atoms with Gasteiger partial charge in [0.25, 0.3) is 0 Å². The Morgan fingerprint density at radius 2 is 2.00 bits per heavy atom. The fourth-order valence-electron chi connectivity index (χ4n) is 3.00. The predicted octanol–water partition coefficient (Wildman–Crippen LogP) is 3.60. The van der Waals surface area contributed by atoms with Crippen LogP contribution in [0.4, 0.5) is 11.5 Å². The Bertz CT molecular complexity index is 401. The maximum absolute atomic E-state index is 6.00. The van der Waals surface area contributed by atoms with Gasteiger partial charge in [0.15, 0.2) is 0 Å². The van der Waals surface area contributed by atoms with Crippen molar-refractivity contribution in [3.05, 3.63) is 17.8 Å². The van der Waals surface area contributed by atoms with Crippen LogP contribution < -0.4 is 11.1 Å². The lowest BCUT2D eigenvalue weighted by atomic mass is 9.78. The van der Waals surface area contributed by atoms with Gasteiger partial charge in [-0.2, -0.15) is 0 Å². The van der Waals surface area contributed by atoms with E-state index in [9.17, 15) is 0 Å². The van der Waals surface area contributed by atoms with E-state index in [1.54, 1.807) is 0 Å². The average molecular weight is 247 g/mol. The van der Waals surface area contributed by atoms with E-state index in [1.807, 2.05) is 19.1 Å². The number of nitrogens with zero attached hydrogens (tertiary/aromatic N) is 1. The molecular weight excluding hydrogens is 222 g/mol. The normalized spacial score (nSPS) is 24.2. The molecule has 100 valence electrons. The van der Waals surface area contributed by atoms with Crippen LogP contribution in [0.25, 0.3) is 0 Å². The molecule has 0 amide bonds. The number of aryl methyl sites for hydroxylation is 1. The summed E-state index contributed by atoms with van der Waals surface area (Å²) in [6.45, 7) is 6.64. The lowest BCUT2D eigenvalue weighted by Gasteiger charge is -2.35. The van der Waals surface area contributed by atoms with Crippen molar-refractivity contribution >= 4 is 11.5 Å². The molecule has 0 radical (unpaired) electrons. The standard InChI is InChI=1S/C15H25N3/c1-10(2)12-6-4-5-7-14(12)18-15-13(16)9-8-11(3)17-15/h8-10,12,14H,4-7,16H2,1-3H3,(H,17,18). The third kappa shape index (κ3) is 2.95. The van der Waals surface area contributed by atoms with Crippen molar-refractivity contribution in [3.8, 4) is 0 Å². The van der Waals surface area contributed by atoms with Crippen LogP contribution in [0.3, 0.4) is 0 Å². The molecule has 0 saturated heterocycles. The molecular formula is C15H25N3. The van der Waals surface area contributed by atoms with Crippen LogP contribution in [0.5, 0.6) is 0 Å². The summed E-state index contributed by atoms with van der Waals surface area (Å²) in [5.74, 6) is 2.32. The maximum atomic E-state index is 6.00. The number of nitrogens with two attached hydrogens (primary N) is 1. The van der Waals surface area contributed by atoms with Crippen molar-refractivity contribution in [2.24, 2.45) is 11.8 Å². The molecule has 0 bridgehead atoms. The van der Waals surface area contributed by atoms with Gasteiger partial charge in [-0.15, -0.1) is 0 Å². The van der Waals surface area contributed by atoms with E-state index < -0.39 is 0 Å². The predicted molar refractivity (Wildman–Crippen MR) is 77.6 cm³/mol. The van der Waals surface area contributed by atoms with Crippen LogP contribution in [0.1, 0.15) is 45.2 Å². The summed E-state index contributed by atoms with van der Waals surface area (Å²) in [6, 6.07) is 4.43. The summed E-state index contributed by atoms with van der Waals surface area (Å²) < 4.78 is 0. The minimum atomic E-state index is 0.523. The largest absolute Gasteiger partial charge is 0.396 e. The zero-order valence-corrected chi connectivity index (χ0v) is 11.7. The number of hydrogen-bond donors (Lipinski definition) is 2. The Kier molecular flexibility index (Phi) is 4.10. The van der Waals surface area contributed by atoms with Gasteiger partial charge in [-0.05, 0) is 43.7 Å². The number of anilines is 2. The molecule has 1 aliphatic rings. The van der Waals surface area contributed by atoms with Crippen molar-refractivity contribution in [1.82, 2.24) is 4.98 Å². The van der Waals surface area contributed by atoms with E-state index in [2.05, 4.69) is 24.1 Å². The van der Waals surface area contributed by atoms with Crippen molar-refractivity contribution < 1.29 is 0 Å². The quantitative estimate of drug-likeness (QED) is 0.858.